The average Bonchev–Trinajstić information content (AvgIpc) is 2.25. The van der Waals surface area contributed by atoms with Crippen molar-refractivity contribution in [2.24, 2.45) is 10.8 Å². The van der Waals surface area contributed by atoms with Gasteiger partial charge in [-0.1, -0.05) is 26.0 Å². The first-order valence-electron chi connectivity index (χ1n) is 5.18. The summed E-state index contributed by atoms with van der Waals surface area (Å²) in [4.78, 5) is 4.31. The Morgan fingerprint density at radius 2 is 2.20 bits per heavy atom. The first-order valence-corrected chi connectivity index (χ1v) is 5.18. The molecule has 0 saturated carbocycles. The summed E-state index contributed by atoms with van der Waals surface area (Å²) in [6.07, 6.45) is 7.46. The van der Waals surface area contributed by atoms with Crippen LogP contribution in [0.15, 0.2) is 40.7 Å². The molecular weight excluding hydrogens is 186 g/mol. The maximum Gasteiger partial charge on any atom is 0.0703 e. The molecule has 0 aliphatic heterocycles. The van der Waals surface area contributed by atoms with Crippen molar-refractivity contribution >= 4 is 6.21 Å². The summed E-state index contributed by atoms with van der Waals surface area (Å²) in [6, 6.07) is 0. The molecule has 3 nitrogen and oxygen atoms in total. The molecule has 3 N–H and O–H groups in total. The molecule has 0 atom stereocenters. The van der Waals surface area contributed by atoms with Gasteiger partial charge in [0.05, 0.1) is 11.4 Å². The van der Waals surface area contributed by atoms with E-state index in [9.17, 15) is 0 Å². The first-order chi connectivity index (χ1) is 7.19. The number of hydrogen-bond acceptors (Lipinski definition) is 3. The van der Waals surface area contributed by atoms with Crippen molar-refractivity contribution in [1.82, 2.24) is 5.43 Å². The molecule has 3 heteroatoms. The first kappa shape index (κ1) is 13.7. The van der Waals surface area contributed by atoms with Crippen LogP contribution in [0, 0.1) is 0 Å². The third kappa shape index (κ3) is 5.18. The summed E-state index contributed by atoms with van der Waals surface area (Å²) in [6.45, 7) is 9.69. The zero-order valence-electron chi connectivity index (χ0n) is 9.88. The lowest BCUT2D eigenvalue weighted by molar-refractivity contribution is 0.826. The minimum Gasteiger partial charge on any atom is -0.322 e. The second-order valence-corrected chi connectivity index (χ2v) is 3.23. The van der Waals surface area contributed by atoms with Gasteiger partial charge in [-0.15, -0.1) is 0 Å². The molecule has 84 valence electrons. The van der Waals surface area contributed by atoms with Gasteiger partial charge in [-0.25, -0.2) is 0 Å². The van der Waals surface area contributed by atoms with Gasteiger partial charge in [0.25, 0.3) is 0 Å². The van der Waals surface area contributed by atoms with Crippen LogP contribution in [-0.4, -0.2) is 6.21 Å². The SMILES string of the molecule is C=C/C(C)=C\C(NN)=C(\CCC)N=CC. The molecule has 0 spiro atoms. The summed E-state index contributed by atoms with van der Waals surface area (Å²) in [5.74, 6) is 5.48. The van der Waals surface area contributed by atoms with Crippen LogP contribution >= 0.6 is 0 Å². The Kier molecular flexibility index (Phi) is 7.28. The van der Waals surface area contributed by atoms with Crippen molar-refractivity contribution in [3.05, 3.63) is 35.7 Å². The number of nitrogens with zero attached hydrogens (tertiary/aromatic N) is 1. The highest BCUT2D eigenvalue weighted by atomic mass is 15.2. The molecule has 0 aromatic carbocycles. The van der Waals surface area contributed by atoms with Crippen LogP contribution in [0.5, 0.6) is 0 Å². The topological polar surface area (TPSA) is 50.4 Å². The van der Waals surface area contributed by atoms with Crippen molar-refractivity contribution in [2.45, 2.75) is 33.6 Å². The Morgan fingerprint density at radius 1 is 1.53 bits per heavy atom. The third-order valence-corrected chi connectivity index (χ3v) is 1.93. The Labute approximate surface area is 92.4 Å². The van der Waals surface area contributed by atoms with E-state index < -0.39 is 0 Å². The monoisotopic (exact) mass is 207 g/mol. The van der Waals surface area contributed by atoms with Crippen molar-refractivity contribution in [1.29, 1.82) is 0 Å². The van der Waals surface area contributed by atoms with Crippen LogP contribution in [0.1, 0.15) is 33.6 Å². The van der Waals surface area contributed by atoms with Crippen LogP contribution < -0.4 is 11.3 Å². The minimum absolute atomic E-state index is 0.854. The highest BCUT2D eigenvalue weighted by Crippen LogP contribution is 2.13. The minimum atomic E-state index is 0.854. The molecule has 0 amide bonds. The summed E-state index contributed by atoms with van der Waals surface area (Å²) in [5.41, 5.74) is 5.57. The molecule has 0 saturated heterocycles. The molecule has 0 aromatic heterocycles. The third-order valence-electron chi connectivity index (χ3n) is 1.93. The molecule has 0 aliphatic rings. The zero-order chi connectivity index (χ0) is 11.7. The molecule has 15 heavy (non-hydrogen) atoms. The molecule has 0 unspecified atom stereocenters. The summed E-state index contributed by atoms with van der Waals surface area (Å²) in [7, 11) is 0. The number of nitrogens with two attached hydrogens (primary N) is 1. The van der Waals surface area contributed by atoms with E-state index in [1.807, 2.05) is 19.9 Å². The Bertz CT molecular complexity index is 285. The smallest absolute Gasteiger partial charge is 0.0703 e. The fraction of sp³-hybridized carbons (Fsp3) is 0.417. The summed E-state index contributed by atoms with van der Waals surface area (Å²) < 4.78 is 0. The van der Waals surface area contributed by atoms with E-state index in [1.54, 1.807) is 12.3 Å². The van der Waals surface area contributed by atoms with Gasteiger partial charge in [0.15, 0.2) is 0 Å². The predicted molar refractivity (Wildman–Crippen MR) is 67.4 cm³/mol. The van der Waals surface area contributed by atoms with Crippen LogP contribution in [0.3, 0.4) is 0 Å². The highest BCUT2D eigenvalue weighted by molar-refractivity contribution is 5.56. The van der Waals surface area contributed by atoms with Gasteiger partial charge in [0.1, 0.15) is 0 Å². The van der Waals surface area contributed by atoms with Gasteiger partial charge in [-0.05, 0) is 31.9 Å². The average molecular weight is 207 g/mol. The second-order valence-electron chi connectivity index (χ2n) is 3.23. The molecule has 0 fully saturated rings. The maximum atomic E-state index is 5.48. The molecule has 0 rings (SSSR count). The molecular formula is C12H21N3. The Hall–Kier alpha value is -1.35. The van der Waals surface area contributed by atoms with Crippen molar-refractivity contribution < 1.29 is 0 Å². The maximum absolute atomic E-state index is 5.48. The summed E-state index contributed by atoms with van der Waals surface area (Å²) >= 11 is 0. The van der Waals surface area contributed by atoms with Crippen molar-refractivity contribution in [3.63, 3.8) is 0 Å². The Balaban J connectivity index is 5.11. The Morgan fingerprint density at radius 3 is 2.60 bits per heavy atom. The van der Waals surface area contributed by atoms with E-state index in [1.165, 1.54) is 0 Å². The molecule has 0 bridgehead atoms. The normalized spacial score (nSPS) is 14.0. The van der Waals surface area contributed by atoms with Crippen LogP contribution in [-0.2, 0) is 0 Å². The van der Waals surface area contributed by atoms with Gasteiger partial charge in [0.2, 0.25) is 0 Å². The highest BCUT2D eigenvalue weighted by Gasteiger charge is 2.00. The van der Waals surface area contributed by atoms with E-state index in [4.69, 9.17) is 5.84 Å². The lowest BCUT2D eigenvalue weighted by Gasteiger charge is -2.07. The quantitative estimate of drug-likeness (QED) is 0.304. The standard InChI is InChI=1S/C12H21N3/c1-5-8-11(14-7-3)12(15-13)9-10(4)6-2/h6-7,9,15H,2,5,8,13H2,1,3-4H3/b10-9-,12-11+,14-7?. The lowest BCUT2D eigenvalue weighted by atomic mass is 10.1. The van der Waals surface area contributed by atoms with Crippen molar-refractivity contribution in [2.75, 3.05) is 0 Å². The van der Waals surface area contributed by atoms with Crippen molar-refractivity contribution in [3.8, 4) is 0 Å². The summed E-state index contributed by atoms with van der Waals surface area (Å²) in [5, 5.41) is 0. The number of hydrazine groups is 1. The molecule has 0 aromatic rings. The van der Waals surface area contributed by atoms with Gasteiger partial charge in [0, 0.05) is 6.21 Å². The number of nitrogens with one attached hydrogen (secondary N) is 1. The van der Waals surface area contributed by atoms with Crippen LogP contribution in [0.4, 0.5) is 0 Å². The van der Waals surface area contributed by atoms with E-state index in [-0.39, 0.29) is 0 Å². The van der Waals surface area contributed by atoms with E-state index in [0.29, 0.717) is 0 Å². The van der Waals surface area contributed by atoms with E-state index in [2.05, 4.69) is 23.9 Å². The van der Waals surface area contributed by atoms with Gasteiger partial charge in [-0.2, -0.15) is 0 Å². The largest absolute Gasteiger partial charge is 0.322 e. The zero-order valence-corrected chi connectivity index (χ0v) is 9.88. The molecule has 0 heterocycles. The van der Waals surface area contributed by atoms with Gasteiger partial charge >= 0.3 is 0 Å². The number of hydrogen-bond donors (Lipinski definition) is 2. The van der Waals surface area contributed by atoms with Gasteiger partial charge < -0.3 is 5.43 Å². The van der Waals surface area contributed by atoms with E-state index >= 15 is 0 Å². The van der Waals surface area contributed by atoms with Gasteiger partial charge in [-0.3, -0.25) is 10.8 Å². The second kappa shape index (κ2) is 8.00. The number of allylic oxidation sites excluding steroid dienone is 4. The number of aliphatic imine (C=N–C) groups is 1. The van der Waals surface area contributed by atoms with E-state index in [0.717, 1.165) is 29.8 Å². The van der Waals surface area contributed by atoms with Crippen LogP contribution in [0.25, 0.3) is 0 Å². The fourth-order valence-corrected chi connectivity index (χ4v) is 1.16. The molecule has 0 aliphatic carbocycles. The number of rotatable bonds is 6. The lowest BCUT2D eigenvalue weighted by Crippen LogP contribution is -2.21. The fourth-order valence-electron chi connectivity index (χ4n) is 1.16. The molecule has 0 radical (unpaired) electrons. The predicted octanol–water partition coefficient (Wildman–Crippen LogP) is 2.68. The van der Waals surface area contributed by atoms with Crippen LogP contribution in [0.2, 0.25) is 0 Å².